The van der Waals surface area contributed by atoms with Crippen LogP contribution in [-0.4, -0.2) is 21.7 Å². The number of benzene rings is 1. The monoisotopic (exact) mass is 267 g/mol. The molecule has 1 aromatic heterocycles. The molecule has 1 N–H and O–H groups in total. The number of hydrogen-bond acceptors (Lipinski definition) is 4. The zero-order valence-corrected chi connectivity index (χ0v) is 10.9. The normalized spacial score (nSPS) is 10.4. The van der Waals surface area contributed by atoms with Crippen LogP contribution in [0.4, 0.5) is 5.69 Å². The molecule has 2 aromatic rings. The molecule has 5 nitrogen and oxygen atoms in total. The van der Waals surface area contributed by atoms with Crippen LogP contribution in [0.15, 0.2) is 49.1 Å². The summed E-state index contributed by atoms with van der Waals surface area (Å²) in [5, 5.41) is 2.64. The maximum atomic E-state index is 12.0. The molecule has 2 rings (SSSR count). The van der Waals surface area contributed by atoms with Gasteiger partial charge in [0.15, 0.2) is 5.78 Å². The smallest absolute Gasteiger partial charge is 0.221 e. The third-order valence-corrected chi connectivity index (χ3v) is 2.48. The van der Waals surface area contributed by atoms with Crippen molar-refractivity contribution in [3.8, 4) is 0 Å². The number of rotatable bonds is 4. The van der Waals surface area contributed by atoms with E-state index in [-0.39, 0.29) is 11.7 Å². The number of carbonyl (C=O) groups excluding carboxylic acids is 2. The zero-order valence-electron chi connectivity index (χ0n) is 10.9. The lowest BCUT2D eigenvalue weighted by atomic mass is 10.1. The van der Waals surface area contributed by atoms with E-state index in [9.17, 15) is 9.59 Å². The highest BCUT2D eigenvalue weighted by Gasteiger charge is 2.03. The van der Waals surface area contributed by atoms with Crippen LogP contribution in [0.2, 0.25) is 0 Å². The average Bonchev–Trinajstić information content (AvgIpc) is 2.45. The molecular weight excluding hydrogens is 254 g/mol. The molecule has 0 aliphatic heterocycles. The second kappa shape index (κ2) is 6.38. The predicted octanol–water partition coefficient (Wildman–Crippen LogP) is 2.33. The van der Waals surface area contributed by atoms with E-state index in [1.54, 1.807) is 42.7 Å². The number of ketones is 1. The number of anilines is 1. The number of amides is 1. The molecule has 1 heterocycles. The van der Waals surface area contributed by atoms with E-state index >= 15 is 0 Å². The molecule has 0 saturated heterocycles. The first-order valence-electron chi connectivity index (χ1n) is 6.00. The molecule has 20 heavy (non-hydrogen) atoms. The van der Waals surface area contributed by atoms with E-state index < -0.39 is 0 Å². The Balaban J connectivity index is 2.13. The largest absolute Gasteiger partial charge is 0.326 e. The van der Waals surface area contributed by atoms with Crippen molar-refractivity contribution in [2.45, 2.75) is 6.92 Å². The molecule has 0 aliphatic carbocycles. The summed E-state index contributed by atoms with van der Waals surface area (Å²) in [6.07, 6.45) is 7.75. The second-order valence-corrected chi connectivity index (χ2v) is 4.13. The molecule has 0 saturated carbocycles. The van der Waals surface area contributed by atoms with Crippen molar-refractivity contribution in [3.05, 3.63) is 60.2 Å². The highest BCUT2D eigenvalue weighted by molar-refractivity contribution is 6.07. The summed E-state index contributed by atoms with van der Waals surface area (Å²) in [4.78, 5) is 30.7. The zero-order chi connectivity index (χ0) is 14.4. The van der Waals surface area contributed by atoms with Gasteiger partial charge in [-0.25, -0.2) is 9.97 Å². The lowest BCUT2D eigenvalue weighted by Crippen LogP contribution is -2.06. The van der Waals surface area contributed by atoms with E-state index in [1.807, 2.05) is 0 Å². The Bertz CT molecular complexity index is 651. The second-order valence-electron chi connectivity index (χ2n) is 4.13. The number of allylic oxidation sites excluding steroid dienone is 1. The summed E-state index contributed by atoms with van der Waals surface area (Å²) in [7, 11) is 0. The first-order chi connectivity index (χ1) is 9.65. The summed E-state index contributed by atoms with van der Waals surface area (Å²) in [5.74, 6) is -0.326. The van der Waals surface area contributed by atoms with Crippen LogP contribution in [0.25, 0.3) is 6.08 Å². The molecule has 0 unspecified atom stereocenters. The molecule has 1 aromatic carbocycles. The molecule has 0 radical (unpaired) electrons. The number of carbonyl (C=O) groups is 2. The van der Waals surface area contributed by atoms with Crippen LogP contribution >= 0.6 is 0 Å². The van der Waals surface area contributed by atoms with E-state index in [1.165, 1.54) is 19.3 Å². The van der Waals surface area contributed by atoms with Gasteiger partial charge in [0, 0.05) is 36.1 Å². The molecule has 0 atom stereocenters. The van der Waals surface area contributed by atoms with Crippen molar-refractivity contribution < 1.29 is 9.59 Å². The molecule has 0 aliphatic rings. The number of nitrogens with zero attached hydrogens (tertiary/aromatic N) is 2. The number of nitrogens with one attached hydrogen (secondary N) is 1. The van der Waals surface area contributed by atoms with E-state index in [0.717, 1.165) is 5.56 Å². The summed E-state index contributed by atoms with van der Waals surface area (Å²) in [5.41, 5.74) is 1.85. The summed E-state index contributed by atoms with van der Waals surface area (Å²) in [6, 6.07) is 6.78. The molecule has 0 bridgehead atoms. The van der Waals surface area contributed by atoms with Gasteiger partial charge in [-0.05, 0) is 24.3 Å². The molecule has 5 heteroatoms. The molecule has 0 spiro atoms. The molecular formula is C15H13N3O2. The molecule has 0 fully saturated rings. The summed E-state index contributed by atoms with van der Waals surface area (Å²) < 4.78 is 0. The maximum absolute atomic E-state index is 12.0. The summed E-state index contributed by atoms with van der Waals surface area (Å²) >= 11 is 0. The van der Waals surface area contributed by atoms with Gasteiger partial charge in [-0.15, -0.1) is 0 Å². The predicted molar refractivity (Wildman–Crippen MR) is 76.1 cm³/mol. The number of hydrogen-bond donors (Lipinski definition) is 1. The first kappa shape index (κ1) is 13.6. The number of aromatic nitrogens is 2. The highest BCUT2D eigenvalue weighted by atomic mass is 16.1. The van der Waals surface area contributed by atoms with Gasteiger partial charge in [-0.3, -0.25) is 9.59 Å². The van der Waals surface area contributed by atoms with Gasteiger partial charge in [-0.2, -0.15) is 0 Å². The van der Waals surface area contributed by atoms with Gasteiger partial charge >= 0.3 is 0 Å². The minimum atomic E-state index is -0.174. The Morgan fingerprint density at radius 1 is 1.20 bits per heavy atom. The van der Waals surface area contributed by atoms with Gasteiger partial charge in [0.1, 0.15) is 6.33 Å². The van der Waals surface area contributed by atoms with E-state index in [2.05, 4.69) is 15.3 Å². The van der Waals surface area contributed by atoms with Crippen LogP contribution < -0.4 is 5.32 Å². The van der Waals surface area contributed by atoms with Crippen molar-refractivity contribution >= 4 is 23.5 Å². The van der Waals surface area contributed by atoms with Crippen molar-refractivity contribution in [2.24, 2.45) is 0 Å². The van der Waals surface area contributed by atoms with Gasteiger partial charge in [0.2, 0.25) is 5.91 Å². The molecule has 1 amide bonds. The molecule has 100 valence electrons. The van der Waals surface area contributed by atoms with Gasteiger partial charge < -0.3 is 5.32 Å². The van der Waals surface area contributed by atoms with Crippen molar-refractivity contribution in [1.82, 2.24) is 9.97 Å². The lowest BCUT2D eigenvalue weighted by Gasteiger charge is -2.03. The Labute approximate surface area is 116 Å². The fourth-order valence-electron chi connectivity index (χ4n) is 1.62. The van der Waals surface area contributed by atoms with Crippen molar-refractivity contribution in [1.29, 1.82) is 0 Å². The van der Waals surface area contributed by atoms with Crippen molar-refractivity contribution in [2.75, 3.05) is 5.32 Å². The van der Waals surface area contributed by atoms with Crippen LogP contribution in [0, 0.1) is 0 Å². The van der Waals surface area contributed by atoms with Gasteiger partial charge in [-0.1, -0.05) is 12.1 Å². The topological polar surface area (TPSA) is 72.0 Å². The van der Waals surface area contributed by atoms with Crippen LogP contribution in [0.1, 0.15) is 22.8 Å². The lowest BCUT2D eigenvalue weighted by molar-refractivity contribution is -0.114. The Morgan fingerprint density at radius 2 is 1.95 bits per heavy atom. The van der Waals surface area contributed by atoms with Gasteiger partial charge in [0.05, 0.1) is 0 Å². The maximum Gasteiger partial charge on any atom is 0.221 e. The first-order valence-corrected chi connectivity index (χ1v) is 6.00. The summed E-state index contributed by atoms with van der Waals surface area (Å²) in [6.45, 7) is 1.42. The fourth-order valence-corrected chi connectivity index (χ4v) is 1.62. The third-order valence-electron chi connectivity index (χ3n) is 2.48. The minimum Gasteiger partial charge on any atom is -0.326 e. The van der Waals surface area contributed by atoms with Gasteiger partial charge in [0.25, 0.3) is 0 Å². The SMILES string of the molecule is CC(=O)Nc1cccc(C(=O)C=Cc2cncnc2)c1. The third kappa shape index (κ3) is 3.84. The van der Waals surface area contributed by atoms with Crippen LogP contribution in [0.5, 0.6) is 0 Å². The Hall–Kier alpha value is -2.82. The van der Waals surface area contributed by atoms with Crippen LogP contribution in [0.3, 0.4) is 0 Å². The standard InChI is InChI=1S/C15H13N3O2/c1-11(19)18-14-4-2-3-13(7-14)15(20)6-5-12-8-16-10-17-9-12/h2-10H,1H3,(H,18,19). The Morgan fingerprint density at radius 3 is 2.65 bits per heavy atom. The fraction of sp³-hybridized carbons (Fsp3) is 0.0667. The Kier molecular flexibility index (Phi) is 4.34. The average molecular weight is 267 g/mol. The van der Waals surface area contributed by atoms with E-state index in [4.69, 9.17) is 0 Å². The quantitative estimate of drug-likeness (QED) is 0.681. The van der Waals surface area contributed by atoms with Crippen molar-refractivity contribution in [3.63, 3.8) is 0 Å². The van der Waals surface area contributed by atoms with E-state index in [0.29, 0.717) is 11.3 Å². The van der Waals surface area contributed by atoms with Crippen LogP contribution in [-0.2, 0) is 4.79 Å². The minimum absolute atomic E-state index is 0.152. The highest BCUT2D eigenvalue weighted by Crippen LogP contribution is 2.12.